The molecule has 0 radical (unpaired) electrons. The first-order valence-corrected chi connectivity index (χ1v) is 12.1. The monoisotopic (exact) mass is 444 g/mol. The second kappa shape index (κ2) is 18.1. The molecule has 0 fully saturated rings. The molecule has 0 saturated carbocycles. The average molecular weight is 445 g/mol. The van der Waals surface area contributed by atoms with Crippen LogP contribution in [-0.4, -0.2) is 22.2 Å². The molecule has 1 aromatic rings. The van der Waals surface area contributed by atoms with E-state index in [2.05, 4.69) is 19.1 Å². The van der Waals surface area contributed by atoms with Crippen LogP contribution in [0.1, 0.15) is 102 Å². The molecule has 0 bridgehead atoms. The summed E-state index contributed by atoms with van der Waals surface area (Å²) >= 11 is 0. The molecule has 32 heavy (non-hydrogen) atoms. The van der Waals surface area contributed by atoms with Crippen LogP contribution in [-0.2, 0) is 14.3 Å². The van der Waals surface area contributed by atoms with Crippen LogP contribution < -0.4 is 0 Å². The normalized spacial score (nSPS) is 11.4. The van der Waals surface area contributed by atoms with E-state index in [0.717, 1.165) is 38.2 Å². The quantitative estimate of drug-likeness (QED) is 0.0662. The highest BCUT2D eigenvalue weighted by Crippen LogP contribution is 2.25. The molecule has 5 nitrogen and oxygen atoms in total. The van der Waals surface area contributed by atoms with Crippen LogP contribution in [0.15, 0.2) is 36.4 Å². The van der Waals surface area contributed by atoms with Gasteiger partial charge < -0.3 is 14.9 Å². The van der Waals surface area contributed by atoms with Gasteiger partial charge in [0, 0.05) is 12.5 Å². The van der Waals surface area contributed by atoms with Crippen molar-refractivity contribution in [1.29, 1.82) is 0 Å². The molecule has 0 spiro atoms. The molecule has 0 aliphatic heterocycles. The zero-order valence-corrected chi connectivity index (χ0v) is 19.6. The van der Waals surface area contributed by atoms with E-state index in [4.69, 9.17) is 4.74 Å². The molecule has 0 aliphatic rings. The van der Waals surface area contributed by atoms with Crippen LogP contribution in [0, 0.1) is 0 Å². The van der Waals surface area contributed by atoms with Gasteiger partial charge in [-0.25, -0.2) is 4.79 Å². The molecule has 0 heterocycles. The molecule has 2 N–H and O–H groups in total. The zero-order chi connectivity index (χ0) is 23.4. The summed E-state index contributed by atoms with van der Waals surface area (Å²) in [7, 11) is 0. The van der Waals surface area contributed by atoms with E-state index in [1.165, 1.54) is 75.6 Å². The Labute approximate surface area is 193 Å². The highest BCUT2D eigenvalue weighted by Gasteiger charge is 2.07. The Kier molecular flexibility index (Phi) is 15.5. The van der Waals surface area contributed by atoms with Gasteiger partial charge in [-0.05, 0) is 55.9 Å². The standard InChI is InChI=1S/C27H40O5/c1-2-3-4-5-6-7-8-9-10-11-12-13-14-15-16-17-26(30)32-27(31)21-19-23-18-20-24(28)25(29)22-23/h9-10,18-22,28-29H,2-8,11-17H2,1H3/b10-9-,21-19+. The summed E-state index contributed by atoms with van der Waals surface area (Å²) in [4.78, 5) is 23.4. The van der Waals surface area contributed by atoms with Crippen LogP contribution in [0.4, 0.5) is 0 Å². The number of rotatable bonds is 17. The first kappa shape index (κ1) is 27.5. The van der Waals surface area contributed by atoms with Crippen molar-refractivity contribution in [3.05, 3.63) is 42.0 Å². The van der Waals surface area contributed by atoms with Crippen molar-refractivity contribution in [1.82, 2.24) is 0 Å². The fraction of sp³-hybridized carbons (Fsp3) is 0.556. The number of unbranched alkanes of at least 4 members (excludes halogenated alkanes) is 11. The Hall–Kier alpha value is -2.56. The minimum absolute atomic E-state index is 0.234. The lowest BCUT2D eigenvalue weighted by Gasteiger charge is -2.02. The maximum Gasteiger partial charge on any atom is 0.338 e. The average Bonchev–Trinajstić information content (AvgIpc) is 2.77. The van der Waals surface area contributed by atoms with Gasteiger partial charge in [0.15, 0.2) is 11.5 Å². The summed E-state index contributed by atoms with van der Waals surface area (Å²) < 4.78 is 4.76. The number of carbonyl (C=O) groups is 2. The number of aromatic hydroxyl groups is 2. The van der Waals surface area contributed by atoms with Crippen LogP contribution in [0.2, 0.25) is 0 Å². The summed E-state index contributed by atoms with van der Waals surface area (Å²) in [6.45, 7) is 2.25. The van der Waals surface area contributed by atoms with Crippen molar-refractivity contribution in [3.63, 3.8) is 0 Å². The van der Waals surface area contributed by atoms with E-state index in [9.17, 15) is 19.8 Å². The SMILES string of the molecule is CCCCCCCC/C=C\CCCCCCCC(=O)OC(=O)/C=C/c1ccc(O)c(O)c1. The smallest absolute Gasteiger partial charge is 0.338 e. The van der Waals surface area contributed by atoms with Gasteiger partial charge in [-0.15, -0.1) is 0 Å². The molecule has 0 aliphatic carbocycles. The number of hydrogen-bond acceptors (Lipinski definition) is 5. The summed E-state index contributed by atoms with van der Waals surface area (Å²) in [6, 6.07) is 4.16. The maximum absolute atomic E-state index is 11.7. The molecule has 1 rings (SSSR count). The minimum atomic E-state index is -0.740. The molecule has 0 amide bonds. The number of allylic oxidation sites excluding steroid dienone is 2. The highest BCUT2D eigenvalue weighted by molar-refractivity contribution is 5.94. The number of phenolic OH excluding ortho intramolecular Hbond substituents is 2. The van der Waals surface area contributed by atoms with Gasteiger partial charge in [0.1, 0.15) is 0 Å². The second-order valence-electron chi connectivity index (χ2n) is 8.21. The molecule has 178 valence electrons. The maximum atomic E-state index is 11.7. The van der Waals surface area contributed by atoms with Crippen LogP contribution in [0.3, 0.4) is 0 Å². The summed E-state index contributed by atoms with van der Waals surface area (Å²) in [5.74, 6) is -1.78. The van der Waals surface area contributed by atoms with E-state index in [0.29, 0.717) is 5.56 Å². The van der Waals surface area contributed by atoms with Gasteiger partial charge in [-0.2, -0.15) is 0 Å². The Morgan fingerprint density at radius 2 is 1.41 bits per heavy atom. The first-order valence-electron chi connectivity index (χ1n) is 12.1. The molecule has 0 saturated heterocycles. The predicted octanol–water partition coefficient (Wildman–Crippen LogP) is 7.22. The number of carbonyl (C=O) groups excluding carboxylic acids is 2. The second-order valence-corrected chi connectivity index (χ2v) is 8.21. The molecular weight excluding hydrogens is 404 g/mol. The highest BCUT2D eigenvalue weighted by atomic mass is 16.6. The minimum Gasteiger partial charge on any atom is -0.504 e. The summed E-state index contributed by atoms with van der Waals surface area (Å²) in [5, 5.41) is 18.7. The molecule has 0 atom stereocenters. The fourth-order valence-electron chi connectivity index (χ4n) is 3.35. The number of benzene rings is 1. The molecule has 0 unspecified atom stereocenters. The van der Waals surface area contributed by atoms with Gasteiger partial charge >= 0.3 is 11.9 Å². The van der Waals surface area contributed by atoms with Crippen molar-refractivity contribution >= 4 is 18.0 Å². The van der Waals surface area contributed by atoms with E-state index < -0.39 is 11.9 Å². The Morgan fingerprint density at radius 1 is 0.812 bits per heavy atom. The summed E-state index contributed by atoms with van der Waals surface area (Å²) in [5.41, 5.74) is 0.516. The van der Waals surface area contributed by atoms with Crippen molar-refractivity contribution < 1.29 is 24.5 Å². The van der Waals surface area contributed by atoms with Gasteiger partial charge in [0.25, 0.3) is 0 Å². The number of hydrogen-bond donors (Lipinski definition) is 2. The Balaban J connectivity index is 1.98. The number of phenols is 2. The van der Waals surface area contributed by atoms with E-state index in [-0.39, 0.29) is 17.9 Å². The van der Waals surface area contributed by atoms with Crippen molar-refractivity contribution in [3.8, 4) is 11.5 Å². The Bertz CT molecular complexity index is 721. The fourth-order valence-corrected chi connectivity index (χ4v) is 3.35. The third kappa shape index (κ3) is 14.4. The van der Waals surface area contributed by atoms with Crippen molar-refractivity contribution in [2.45, 2.75) is 96.8 Å². The Morgan fingerprint density at radius 3 is 2.03 bits per heavy atom. The lowest BCUT2D eigenvalue weighted by Crippen LogP contribution is -2.09. The van der Waals surface area contributed by atoms with Gasteiger partial charge in [-0.3, -0.25) is 4.79 Å². The predicted molar refractivity (Wildman–Crippen MR) is 129 cm³/mol. The lowest BCUT2D eigenvalue weighted by atomic mass is 10.1. The van der Waals surface area contributed by atoms with E-state index in [1.807, 2.05) is 0 Å². The van der Waals surface area contributed by atoms with Crippen molar-refractivity contribution in [2.24, 2.45) is 0 Å². The third-order valence-corrected chi connectivity index (χ3v) is 5.27. The van der Waals surface area contributed by atoms with Crippen LogP contribution in [0.5, 0.6) is 11.5 Å². The zero-order valence-electron chi connectivity index (χ0n) is 19.6. The molecule has 1 aromatic carbocycles. The first-order chi connectivity index (χ1) is 15.5. The number of ether oxygens (including phenoxy) is 1. The van der Waals surface area contributed by atoms with E-state index in [1.54, 1.807) is 0 Å². The molecule has 0 aromatic heterocycles. The van der Waals surface area contributed by atoms with Crippen LogP contribution in [0.25, 0.3) is 6.08 Å². The van der Waals surface area contributed by atoms with Crippen molar-refractivity contribution in [2.75, 3.05) is 0 Å². The number of esters is 2. The van der Waals surface area contributed by atoms with Crippen LogP contribution >= 0.6 is 0 Å². The summed E-state index contributed by atoms with van der Waals surface area (Å²) in [6.07, 6.45) is 22.8. The third-order valence-electron chi connectivity index (χ3n) is 5.27. The van der Waals surface area contributed by atoms with Gasteiger partial charge in [-0.1, -0.05) is 76.5 Å². The van der Waals surface area contributed by atoms with E-state index >= 15 is 0 Å². The topological polar surface area (TPSA) is 83.8 Å². The molecule has 5 heteroatoms. The lowest BCUT2D eigenvalue weighted by molar-refractivity contribution is -0.156. The largest absolute Gasteiger partial charge is 0.504 e. The van der Waals surface area contributed by atoms with Gasteiger partial charge in [0.2, 0.25) is 0 Å². The molecular formula is C27H40O5. The van der Waals surface area contributed by atoms with Gasteiger partial charge in [0.05, 0.1) is 0 Å².